The van der Waals surface area contributed by atoms with Gasteiger partial charge in [-0.05, 0) is 32.0 Å². The number of carbonyl (C=O) groups excluding carboxylic acids is 1. The van der Waals surface area contributed by atoms with E-state index in [1.807, 2.05) is 19.9 Å². The fraction of sp³-hybridized carbons (Fsp3) is 0.364. The summed E-state index contributed by atoms with van der Waals surface area (Å²) in [5.74, 6) is 0.0102. The van der Waals surface area contributed by atoms with Gasteiger partial charge in [0, 0.05) is 11.6 Å². The summed E-state index contributed by atoms with van der Waals surface area (Å²) >= 11 is 5.87. The fourth-order valence-electron chi connectivity index (χ4n) is 1.46. The number of hydrogen-bond acceptors (Lipinski definition) is 2. The van der Waals surface area contributed by atoms with Gasteiger partial charge in [0.05, 0.1) is 16.8 Å². The molecule has 1 amide bonds. The lowest BCUT2D eigenvalue weighted by Gasteiger charge is -2.19. The first-order valence-corrected chi connectivity index (χ1v) is 5.22. The highest BCUT2D eigenvalue weighted by atomic mass is 35.5. The molecule has 0 atom stereocenters. The lowest BCUT2D eigenvalue weighted by Crippen LogP contribution is -2.34. The minimum atomic E-state index is -0.411. The molecule has 0 saturated carbocycles. The summed E-state index contributed by atoms with van der Waals surface area (Å²) in [5.41, 5.74) is 1.25. The first kappa shape index (κ1) is 10.3. The van der Waals surface area contributed by atoms with Gasteiger partial charge in [-0.3, -0.25) is 4.79 Å². The third-order valence-corrected chi connectivity index (χ3v) is 2.80. The van der Waals surface area contributed by atoms with Crippen LogP contribution in [0.25, 0.3) is 0 Å². The van der Waals surface area contributed by atoms with Crippen LogP contribution < -0.4 is 10.6 Å². The maximum atomic E-state index is 11.8. The van der Waals surface area contributed by atoms with Gasteiger partial charge in [-0.15, -0.1) is 0 Å². The Balaban J connectivity index is 2.40. The molecule has 3 nitrogen and oxygen atoms in total. The number of anilines is 2. The number of amides is 1. The Hall–Kier alpha value is -1.22. The third kappa shape index (κ3) is 1.92. The van der Waals surface area contributed by atoms with Crippen molar-refractivity contribution in [2.45, 2.75) is 13.8 Å². The van der Waals surface area contributed by atoms with Crippen LogP contribution in [-0.2, 0) is 4.79 Å². The standard InChI is InChI=1S/C11H13ClN2O/c1-11(2)6-13-8-4-3-7(12)5-9(8)14-10(11)15/h3-5,13H,6H2,1-2H3,(H,14,15). The lowest BCUT2D eigenvalue weighted by molar-refractivity contribution is -0.123. The van der Waals surface area contributed by atoms with Crippen LogP contribution in [0.2, 0.25) is 5.02 Å². The van der Waals surface area contributed by atoms with Crippen LogP contribution in [-0.4, -0.2) is 12.5 Å². The summed E-state index contributed by atoms with van der Waals surface area (Å²) in [6.07, 6.45) is 0. The van der Waals surface area contributed by atoms with E-state index in [2.05, 4.69) is 10.6 Å². The second kappa shape index (κ2) is 3.42. The van der Waals surface area contributed by atoms with E-state index in [0.29, 0.717) is 11.6 Å². The number of nitrogens with one attached hydrogen (secondary N) is 2. The van der Waals surface area contributed by atoms with E-state index in [4.69, 9.17) is 11.6 Å². The van der Waals surface area contributed by atoms with Gasteiger partial charge in [0.25, 0.3) is 0 Å². The van der Waals surface area contributed by atoms with Crippen LogP contribution in [0.1, 0.15) is 13.8 Å². The maximum Gasteiger partial charge on any atom is 0.231 e. The molecule has 0 fully saturated rings. The van der Waals surface area contributed by atoms with Crippen molar-refractivity contribution < 1.29 is 4.79 Å². The quantitative estimate of drug-likeness (QED) is 0.712. The van der Waals surface area contributed by atoms with E-state index in [0.717, 1.165) is 11.4 Å². The summed E-state index contributed by atoms with van der Waals surface area (Å²) in [5, 5.41) is 6.72. The topological polar surface area (TPSA) is 41.1 Å². The molecule has 1 heterocycles. The zero-order chi connectivity index (χ0) is 11.1. The minimum absolute atomic E-state index is 0.0102. The number of benzene rings is 1. The van der Waals surface area contributed by atoms with Crippen molar-refractivity contribution in [3.63, 3.8) is 0 Å². The lowest BCUT2D eigenvalue weighted by atomic mass is 9.93. The van der Waals surface area contributed by atoms with Crippen molar-refractivity contribution in [1.82, 2.24) is 0 Å². The van der Waals surface area contributed by atoms with Crippen molar-refractivity contribution in [3.05, 3.63) is 23.2 Å². The highest BCUT2D eigenvalue weighted by Gasteiger charge is 2.30. The van der Waals surface area contributed by atoms with Crippen LogP contribution in [0.5, 0.6) is 0 Å². The van der Waals surface area contributed by atoms with Gasteiger partial charge >= 0.3 is 0 Å². The summed E-state index contributed by atoms with van der Waals surface area (Å²) in [6, 6.07) is 5.43. The number of halogens is 1. The number of hydrogen-bond donors (Lipinski definition) is 2. The molecular formula is C11H13ClN2O. The van der Waals surface area contributed by atoms with Crippen molar-refractivity contribution >= 4 is 28.9 Å². The van der Waals surface area contributed by atoms with E-state index < -0.39 is 5.41 Å². The predicted octanol–water partition coefficient (Wildman–Crippen LogP) is 2.73. The number of rotatable bonds is 0. The summed E-state index contributed by atoms with van der Waals surface area (Å²) < 4.78 is 0. The third-order valence-electron chi connectivity index (χ3n) is 2.57. The van der Waals surface area contributed by atoms with Gasteiger partial charge in [-0.1, -0.05) is 11.6 Å². The Morgan fingerprint density at radius 1 is 1.33 bits per heavy atom. The van der Waals surface area contributed by atoms with Gasteiger partial charge in [0.15, 0.2) is 0 Å². The van der Waals surface area contributed by atoms with Crippen molar-refractivity contribution in [3.8, 4) is 0 Å². The van der Waals surface area contributed by atoms with Crippen molar-refractivity contribution in [1.29, 1.82) is 0 Å². The zero-order valence-electron chi connectivity index (χ0n) is 8.73. The van der Waals surface area contributed by atoms with E-state index in [9.17, 15) is 4.79 Å². The van der Waals surface area contributed by atoms with Crippen LogP contribution in [0.15, 0.2) is 18.2 Å². The van der Waals surface area contributed by atoms with E-state index >= 15 is 0 Å². The minimum Gasteiger partial charge on any atom is -0.382 e. The Morgan fingerprint density at radius 2 is 2.07 bits per heavy atom. The van der Waals surface area contributed by atoms with Gasteiger partial charge in [0.2, 0.25) is 5.91 Å². The molecule has 2 N–H and O–H groups in total. The van der Waals surface area contributed by atoms with Gasteiger partial charge in [0.1, 0.15) is 0 Å². The van der Waals surface area contributed by atoms with Crippen LogP contribution in [0.3, 0.4) is 0 Å². The number of carbonyl (C=O) groups is 1. The molecule has 0 radical (unpaired) electrons. The van der Waals surface area contributed by atoms with Gasteiger partial charge < -0.3 is 10.6 Å². The molecule has 1 aromatic carbocycles. The second-order valence-corrected chi connectivity index (χ2v) is 4.82. The molecule has 80 valence electrons. The van der Waals surface area contributed by atoms with Crippen LogP contribution >= 0.6 is 11.6 Å². The molecule has 0 unspecified atom stereocenters. The van der Waals surface area contributed by atoms with Crippen LogP contribution in [0, 0.1) is 5.41 Å². The van der Waals surface area contributed by atoms with Gasteiger partial charge in [-0.25, -0.2) is 0 Å². The molecule has 1 aromatic rings. The van der Waals surface area contributed by atoms with Crippen LogP contribution in [0.4, 0.5) is 11.4 Å². The normalized spacial score (nSPS) is 18.5. The summed E-state index contributed by atoms with van der Waals surface area (Å²) in [7, 11) is 0. The molecule has 0 bridgehead atoms. The van der Waals surface area contributed by atoms with E-state index in [-0.39, 0.29) is 5.91 Å². The number of fused-ring (bicyclic) bond motifs is 1. The fourth-order valence-corrected chi connectivity index (χ4v) is 1.63. The zero-order valence-corrected chi connectivity index (χ0v) is 9.48. The first-order valence-electron chi connectivity index (χ1n) is 4.84. The summed E-state index contributed by atoms with van der Waals surface area (Å²) in [4.78, 5) is 11.8. The average molecular weight is 225 g/mol. The predicted molar refractivity (Wildman–Crippen MR) is 62.4 cm³/mol. The second-order valence-electron chi connectivity index (χ2n) is 4.38. The molecule has 4 heteroatoms. The highest BCUT2D eigenvalue weighted by molar-refractivity contribution is 6.31. The Bertz CT molecular complexity index is 415. The highest BCUT2D eigenvalue weighted by Crippen LogP contribution is 2.31. The molecule has 0 aliphatic carbocycles. The van der Waals surface area contributed by atoms with E-state index in [1.165, 1.54) is 0 Å². The molecule has 1 aliphatic rings. The summed E-state index contributed by atoms with van der Waals surface area (Å²) in [6.45, 7) is 4.43. The largest absolute Gasteiger partial charge is 0.382 e. The Morgan fingerprint density at radius 3 is 2.80 bits per heavy atom. The first-order chi connectivity index (χ1) is 6.99. The van der Waals surface area contributed by atoms with Crippen molar-refractivity contribution in [2.75, 3.05) is 17.2 Å². The molecule has 15 heavy (non-hydrogen) atoms. The molecule has 0 spiro atoms. The molecule has 1 aliphatic heterocycles. The molecular weight excluding hydrogens is 212 g/mol. The maximum absolute atomic E-state index is 11.8. The Labute approximate surface area is 93.8 Å². The Kier molecular flexibility index (Phi) is 2.35. The van der Waals surface area contributed by atoms with Gasteiger partial charge in [-0.2, -0.15) is 0 Å². The molecule has 2 rings (SSSR count). The monoisotopic (exact) mass is 224 g/mol. The average Bonchev–Trinajstić information content (AvgIpc) is 2.25. The van der Waals surface area contributed by atoms with E-state index in [1.54, 1.807) is 12.1 Å². The van der Waals surface area contributed by atoms with Crippen molar-refractivity contribution in [2.24, 2.45) is 5.41 Å². The molecule has 0 aromatic heterocycles. The molecule has 0 saturated heterocycles. The smallest absolute Gasteiger partial charge is 0.231 e. The SMILES string of the molecule is CC1(C)CNc2ccc(Cl)cc2NC1=O.